The Bertz CT molecular complexity index is 902. The lowest BCUT2D eigenvalue weighted by molar-refractivity contribution is -0.135. The molecule has 0 aliphatic carbocycles. The number of carbonyl (C=O) groups is 3. The van der Waals surface area contributed by atoms with E-state index < -0.39 is 29.2 Å². The summed E-state index contributed by atoms with van der Waals surface area (Å²) in [5.74, 6) is -1.30. The molecule has 1 saturated heterocycles. The average molecular weight is 411 g/mol. The Balaban J connectivity index is 1.68. The molecule has 30 heavy (non-hydrogen) atoms. The van der Waals surface area contributed by atoms with Crippen LogP contribution in [0.15, 0.2) is 54.6 Å². The summed E-state index contributed by atoms with van der Waals surface area (Å²) in [6, 6.07) is 14.6. The molecule has 0 radical (unpaired) electrons. The fourth-order valence-corrected chi connectivity index (χ4v) is 3.65. The quantitative estimate of drug-likeness (QED) is 0.623. The monoisotopic (exact) mass is 411 g/mol. The summed E-state index contributed by atoms with van der Waals surface area (Å²) >= 11 is 0. The highest BCUT2D eigenvalue weighted by Crippen LogP contribution is 2.34. The van der Waals surface area contributed by atoms with Crippen molar-refractivity contribution in [1.82, 2.24) is 15.5 Å². The summed E-state index contributed by atoms with van der Waals surface area (Å²) in [5.41, 5.74) is 0.329. The number of urea groups is 1. The van der Waals surface area contributed by atoms with Crippen LogP contribution >= 0.6 is 0 Å². The minimum Gasteiger partial charge on any atom is -0.354 e. The number of carbonyl (C=O) groups excluding carboxylic acids is 3. The maximum absolute atomic E-state index is 13.4. The Morgan fingerprint density at radius 1 is 1.10 bits per heavy atom. The van der Waals surface area contributed by atoms with Crippen LogP contribution in [0.4, 0.5) is 9.18 Å². The topological polar surface area (TPSA) is 78.5 Å². The van der Waals surface area contributed by atoms with Crippen molar-refractivity contribution < 1.29 is 18.8 Å². The zero-order valence-corrected chi connectivity index (χ0v) is 17.0. The van der Waals surface area contributed by atoms with Gasteiger partial charge in [-0.15, -0.1) is 0 Å². The van der Waals surface area contributed by atoms with E-state index in [-0.39, 0.29) is 6.54 Å². The van der Waals surface area contributed by atoms with Gasteiger partial charge in [0.1, 0.15) is 17.9 Å². The lowest BCUT2D eigenvalue weighted by Gasteiger charge is -2.27. The molecule has 0 unspecified atom stereocenters. The Morgan fingerprint density at radius 2 is 1.80 bits per heavy atom. The number of rotatable bonds is 9. The van der Waals surface area contributed by atoms with E-state index in [0.29, 0.717) is 31.4 Å². The van der Waals surface area contributed by atoms with Gasteiger partial charge >= 0.3 is 6.03 Å². The molecule has 2 aromatic carbocycles. The highest BCUT2D eigenvalue weighted by atomic mass is 19.1. The van der Waals surface area contributed by atoms with Crippen LogP contribution in [0, 0.1) is 5.82 Å². The number of amides is 4. The molecule has 0 spiro atoms. The first-order chi connectivity index (χ1) is 14.5. The maximum atomic E-state index is 13.4. The number of imide groups is 1. The van der Waals surface area contributed by atoms with Gasteiger partial charge in [0.2, 0.25) is 5.91 Å². The Morgan fingerprint density at radius 3 is 2.47 bits per heavy atom. The lowest BCUT2D eigenvalue weighted by atomic mass is 9.85. The van der Waals surface area contributed by atoms with Crippen molar-refractivity contribution in [3.8, 4) is 0 Å². The molecule has 1 aliphatic rings. The minimum absolute atomic E-state index is 0.353. The van der Waals surface area contributed by atoms with Crippen LogP contribution in [-0.2, 0) is 21.5 Å². The molecule has 2 N–H and O–H groups in total. The van der Waals surface area contributed by atoms with E-state index in [0.717, 1.165) is 16.9 Å². The summed E-state index contributed by atoms with van der Waals surface area (Å²) in [7, 11) is 0. The highest BCUT2D eigenvalue weighted by molar-refractivity contribution is 6.09. The first kappa shape index (κ1) is 21.5. The van der Waals surface area contributed by atoms with E-state index >= 15 is 0 Å². The minimum atomic E-state index is -1.27. The second-order valence-corrected chi connectivity index (χ2v) is 7.42. The largest absolute Gasteiger partial charge is 0.354 e. The molecule has 0 bridgehead atoms. The number of benzene rings is 2. The van der Waals surface area contributed by atoms with Gasteiger partial charge in [-0.1, -0.05) is 62.2 Å². The molecule has 0 saturated carbocycles. The van der Waals surface area contributed by atoms with Gasteiger partial charge in [-0.05, 0) is 36.1 Å². The van der Waals surface area contributed by atoms with E-state index in [1.54, 1.807) is 0 Å². The van der Waals surface area contributed by atoms with Gasteiger partial charge in [-0.25, -0.2) is 9.18 Å². The molecular formula is C23H26FN3O3. The van der Waals surface area contributed by atoms with Crippen molar-refractivity contribution in [2.75, 3.05) is 13.1 Å². The van der Waals surface area contributed by atoms with Gasteiger partial charge in [-0.3, -0.25) is 14.5 Å². The average Bonchev–Trinajstić information content (AvgIpc) is 2.98. The molecule has 4 amide bonds. The Labute approximate surface area is 175 Å². The lowest BCUT2D eigenvalue weighted by Crippen LogP contribution is -2.45. The number of nitrogens with zero attached hydrogens (tertiary/aromatic N) is 1. The molecule has 1 fully saturated rings. The fraction of sp³-hybridized carbons (Fsp3) is 0.348. The zero-order chi connectivity index (χ0) is 21.6. The van der Waals surface area contributed by atoms with Crippen molar-refractivity contribution >= 4 is 17.8 Å². The predicted molar refractivity (Wildman–Crippen MR) is 111 cm³/mol. The SMILES string of the molecule is CCCC[C@]1(c2ccc(F)cc2)NC(=O)N(CC(=O)NCCc2ccccc2)C1=O. The molecule has 1 aliphatic heterocycles. The van der Waals surface area contributed by atoms with Crippen LogP contribution in [0.1, 0.15) is 37.3 Å². The fourth-order valence-electron chi connectivity index (χ4n) is 3.65. The first-order valence-electron chi connectivity index (χ1n) is 10.2. The smallest absolute Gasteiger partial charge is 0.325 e. The van der Waals surface area contributed by atoms with Crippen LogP contribution in [0.3, 0.4) is 0 Å². The van der Waals surface area contributed by atoms with Crippen molar-refractivity contribution in [2.24, 2.45) is 0 Å². The molecule has 6 nitrogen and oxygen atoms in total. The molecule has 2 aromatic rings. The van der Waals surface area contributed by atoms with Gasteiger partial charge in [0.05, 0.1) is 0 Å². The molecule has 1 heterocycles. The van der Waals surface area contributed by atoms with E-state index in [1.165, 1.54) is 24.3 Å². The number of nitrogens with one attached hydrogen (secondary N) is 2. The standard InChI is InChI=1S/C23H26FN3O3/c1-2-3-14-23(18-9-11-19(24)12-10-18)21(29)27(22(30)26-23)16-20(28)25-15-13-17-7-5-4-6-8-17/h4-12H,2-3,13-16H2,1H3,(H,25,28)(H,26,30)/t23-/m1/s1. The van der Waals surface area contributed by atoms with Crippen LogP contribution in [0.2, 0.25) is 0 Å². The third-order valence-corrected chi connectivity index (χ3v) is 5.30. The number of halogens is 1. The van der Waals surface area contributed by atoms with Gasteiger partial charge in [0, 0.05) is 6.54 Å². The third-order valence-electron chi connectivity index (χ3n) is 5.30. The van der Waals surface area contributed by atoms with Gasteiger partial charge < -0.3 is 10.6 Å². The van der Waals surface area contributed by atoms with Crippen LogP contribution in [0.25, 0.3) is 0 Å². The third kappa shape index (κ3) is 4.67. The van der Waals surface area contributed by atoms with Gasteiger partial charge in [-0.2, -0.15) is 0 Å². The Hall–Kier alpha value is -3.22. The van der Waals surface area contributed by atoms with Crippen LogP contribution in [0.5, 0.6) is 0 Å². The van der Waals surface area contributed by atoms with Crippen molar-refractivity contribution in [3.05, 3.63) is 71.5 Å². The molecule has 1 atom stereocenters. The summed E-state index contributed by atoms with van der Waals surface area (Å²) in [6.07, 6.45) is 2.56. The van der Waals surface area contributed by atoms with Crippen molar-refractivity contribution in [1.29, 1.82) is 0 Å². The van der Waals surface area contributed by atoms with E-state index in [2.05, 4.69) is 10.6 Å². The van der Waals surface area contributed by atoms with Gasteiger partial charge in [0.15, 0.2) is 0 Å². The van der Waals surface area contributed by atoms with E-state index in [9.17, 15) is 18.8 Å². The van der Waals surface area contributed by atoms with E-state index in [4.69, 9.17) is 0 Å². The second kappa shape index (κ2) is 9.52. The van der Waals surface area contributed by atoms with Crippen molar-refractivity contribution in [3.63, 3.8) is 0 Å². The summed E-state index contributed by atoms with van der Waals surface area (Å²) in [4.78, 5) is 39.1. The summed E-state index contributed by atoms with van der Waals surface area (Å²) < 4.78 is 13.4. The molecule has 0 aromatic heterocycles. The van der Waals surface area contributed by atoms with Crippen LogP contribution in [-0.4, -0.2) is 35.8 Å². The summed E-state index contributed by atoms with van der Waals surface area (Å²) in [6.45, 7) is 2.04. The first-order valence-corrected chi connectivity index (χ1v) is 10.2. The number of hydrogen-bond acceptors (Lipinski definition) is 3. The van der Waals surface area contributed by atoms with E-state index in [1.807, 2.05) is 37.3 Å². The molecule has 3 rings (SSSR count). The normalized spacial score (nSPS) is 18.4. The molecular weight excluding hydrogens is 385 g/mol. The molecule has 7 heteroatoms. The number of hydrogen-bond donors (Lipinski definition) is 2. The van der Waals surface area contributed by atoms with Gasteiger partial charge in [0.25, 0.3) is 5.91 Å². The summed E-state index contributed by atoms with van der Waals surface area (Å²) in [5, 5.41) is 5.51. The van der Waals surface area contributed by atoms with Crippen LogP contribution < -0.4 is 10.6 Å². The number of unbranched alkanes of at least 4 members (excludes halogenated alkanes) is 1. The predicted octanol–water partition coefficient (Wildman–Crippen LogP) is 3.12. The Kier molecular flexibility index (Phi) is 6.82. The second-order valence-electron chi connectivity index (χ2n) is 7.42. The molecule has 158 valence electrons. The zero-order valence-electron chi connectivity index (χ0n) is 17.0. The maximum Gasteiger partial charge on any atom is 0.325 e. The highest BCUT2D eigenvalue weighted by Gasteiger charge is 2.52. The van der Waals surface area contributed by atoms with Crippen molar-refractivity contribution in [2.45, 2.75) is 38.1 Å².